The van der Waals surface area contributed by atoms with Crippen LogP contribution in [0, 0.1) is 0 Å². The molecule has 0 spiro atoms. The van der Waals surface area contributed by atoms with Crippen molar-refractivity contribution in [3.8, 4) is 0 Å². The molecule has 1 heterocycles. The van der Waals surface area contributed by atoms with Gasteiger partial charge in [0.2, 0.25) is 10.0 Å². The summed E-state index contributed by atoms with van der Waals surface area (Å²) < 4.78 is 24.3. The van der Waals surface area contributed by atoms with E-state index < -0.39 is 10.0 Å². The highest BCUT2D eigenvalue weighted by atomic mass is 32.2. The Labute approximate surface area is 90.1 Å². The van der Waals surface area contributed by atoms with Crippen molar-refractivity contribution in [2.24, 2.45) is 0 Å². The first-order valence-corrected chi connectivity index (χ1v) is 6.39. The number of rotatable bonds is 3. The largest absolute Gasteiger partial charge is 0.236 e. The molecule has 0 saturated carbocycles. The second kappa shape index (κ2) is 4.16. The van der Waals surface area contributed by atoms with Crippen LogP contribution in [0.3, 0.4) is 0 Å². The first kappa shape index (κ1) is 10.4. The van der Waals surface area contributed by atoms with Crippen LogP contribution in [0.4, 0.5) is 0 Å². The zero-order valence-electron chi connectivity index (χ0n) is 8.33. The van der Waals surface area contributed by atoms with Crippen molar-refractivity contribution >= 4 is 10.0 Å². The molecule has 0 aromatic heterocycles. The van der Waals surface area contributed by atoms with Crippen molar-refractivity contribution in [2.75, 3.05) is 13.1 Å². The molecule has 1 aliphatic rings. The van der Waals surface area contributed by atoms with Gasteiger partial charge in [-0.15, -0.1) is 0 Å². The highest BCUT2D eigenvalue weighted by Gasteiger charge is 2.21. The summed E-state index contributed by atoms with van der Waals surface area (Å²) in [5.41, 5.74) is 1.17. The van der Waals surface area contributed by atoms with Gasteiger partial charge in [-0.25, -0.2) is 8.42 Å². The van der Waals surface area contributed by atoms with Gasteiger partial charge in [0.1, 0.15) is 0 Å². The van der Waals surface area contributed by atoms with Crippen molar-refractivity contribution in [1.29, 1.82) is 0 Å². The number of hydrogen-bond donors (Lipinski definition) is 0. The maximum Gasteiger partial charge on any atom is 0.236 e. The second-order valence-electron chi connectivity index (χ2n) is 3.51. The van der Waals surface area contributed by atoms with Gasteiger partial charge in [-0.1, -0.05) is 36.4 Å². The number of sulfonamides is 1. The first-order valence-electron chi connectivity index (χ1n) is 4.89. The van der Waals surface area contributed by atoms with Gasteiger partial charge in [0.15, 0.2) is 0 Å². The normalized spacial score (nSPS) is 19.5. The van der Waals surface area contributed by atoms with Crippen LogP contribution in [0.25, 0.3) is 0 Å². The van der Waals surface area contributed by atoms with Gasteiger partial charge in [0.25, 0.3) is 0 Å². The first-order chi connectivity index (χ1) is 7.18. The van der Waals surface area contributed by atoms with Gasteiger partial charge in [-0.05, 0) is 12.0 Å². The van der Waals surface area contributed by atoms with Gasteiger partial charge in [-0.3, -0.25) is 0 Å². The van der Waals surface area contributed by atoms with Gasteiger partial charge in [0, 0.05) is 18.5 Å². The Morgan fingerprint density at radius 3 is 2.53 bits per heavy atom. The highest BCUT2D eigenvalue weighted by Crippen LogP contribution is 2.12. The lowest BCUT2D eigenvalue weighted by Gasteiger charge is -2.13. The van der Waals surface area contributed by atoms with E-state index in [0.29, 0.717) is 13.1 Å². The van der Waals surface area contributed by atoms with Crippen molar-refractivity contribution in [2.45, 2.75) is 6.42 Å². The molecule has 0 saturated heterocycles. The Balaban J connectivity index is 1.96. The minimum absolute atomic E-state index is 0.509. The van der Waals surface area contributed by atoms with E-state index >= 15 is 0 Å². The van der Waals surface area contributed by atoms with Crippen molar-refractivity contribution < 1.29 is 8.42 Å². The van der Waals surface area contributed by atoms with Crippen LogP contribution in [-0.2, 0) is 16.4 Å². The number of benzene rings is 1. The lowest BCUT2D eigenvalue weighted by atomic mass is 10.1. The lowest BCUT2D eigenvalue weighted by Crippen LogP contribution is -2.27. The fourth-order valence-corrected chi connectivity index (χ4v) is 2.73. The van der Waals surface area contributed by atoms with E-state index in [1.807, 2.05) is 30.3 Å². The van der Waals surface area contributed by atoms with Gasteiger partial charge < -0.3 is 0 Å². The molecule has 0 atom stereocenters. The third-order valence-corrected chi connectivity index (χ3v) is 4.02. The summed E-state index contributed by atoms with van der Waals surface area (Å²) in [5.74, 6) is 0. The quantitative estimate of drug-likeness (QED) is 0.776. The fraction of sp³-hybridized carbons (Fsp3) is 0.273. The van der Waals surface area contributed by atoms with Gasteiger partial charge in [0.05, 0.1) is 0 Å². The third-order valence-electron chi connectivity index (χ3n) is 2.43. The molecule has 0 amide bonds. The molecule has 2 rings (SSSR count). The molecular formula is C11H13NO2S. The Morgan fingerprint density at radius 1 is 1.20 bits per heavy atom. The zero-order valence-corrected chi connectivity index (χ0v) is 9.15. The molecule has 1 aliphatic heterocycles. The van der Waals surface area contributed by atoms with Crippen molar-refractivity contribution in [3.63, 3.8) is 0 Å². The van der Waals surface area contributed by atoms with E-state index in [0.717, 1.165) is 6.42 Å². The zero-order chi connectivity index (χ0) is 10.7. The lowest BCUT2D eigenvalue weighted by molar-refractivity contribution is 0.461. The molecule has 1 aromatic carbocycles. The second-order valence-corrected chi connectivity index (χ2v) is 5.33. The maximum absolute atomic E-state index is 11.4. The standard InChI is InChI=1S/C11H13NO2S/c13-15(14)10-4-8-12(15)9-7-11-5-2-1-3-6-11/h1-6,10H,7-9H2. The number of nitrogens with zero attached hydrogens (tertiary/aromatic N) is 1. The highest BCUT2D eigenvalue weighted by molar-refractivity contribution is 7.92. The van der Waals surface area contributed by atoms with Crippen LogP contribution >= 0.6 is 0 Å². The summed E-state index contributed by atoms with van der Waals surface area (Å²) in [7, 11) is -3.10. The third kappa shape index (κ3) is 2.46. The van der Waals surface area contributed by atoms with E-state index in [1.54, 1.807) is 6.08 Å². The fourth-order valence-electron chi connectivity index (χ4n) is 1.59. The van der Waals surface area contributed by atoms with E-state index in [2.05, 4.69) is 0 Å². The van der Waals surface area contributed by atoms with Crippen LogP contribution < -0.4 is 0 Å². The topological polar surface area (TPSA) is 37.4 Å². The molecule has 0 N–H and O–H groups in total. The Hall–Kier alpha value is -1.13. The predicted octanol–water partition coefficient (Wildman–Crippen LogP) is 1.39. The van der Waals surface area contributed by atoms with Gasteiger partial charge >= 0.3 is 0 Å². The summed E-state index contributed by atoms with van der Waals surface area (Å²) in [5, 5.41) is 1.28. The van der Waals surface area contributed by atoms with Crippen LogP contribution in [0.5, 0.6) is 0 Å². The number of hydrogen-bond acceptors (Lipinski definition) is 2. The summed E-state index contributed by atoms with van der Waals surface area (Å²) in [4.78, 5) is 0. The summed E-state index contributed by atoms with van der Waals surface area (Å²) in [6.07, 6.45) is 2.45. The Kier molecular flexibility index (Phi) is 2.88. The SMILES string of the molecule is O=S1(=O)C=CCN1CCc1ccccc1. The van der Waals surface area contributed by atoms with Crippen LogP contribution in [0.1, 0.15) is 5.56 Å². The molecule has 0 fully saturated rings. The molecule has 0 radical (unpaired) electrons. The van der Waals surface area contributed by atoms with Crippen LogP contribution in [0.15, 0.2) is 41.8 Å². The predicted molar refractivity (Wildman–Crippen MR) is 59.8 cm³/mol. The van der Waals surface area contributed by atoms with Crippen molar-refractivity contribution in [3.05, 3.63) is 47.4 Å². The summed E-state index contributed by atoms with van der Waals surface area (Å²) in [6, 6.07) is 9.90. The van der Waals surface area contributed by atoms with E-state index in [-0.39, 0.29) is 0 Å². The molecule has 3 nitrogen and oxygen atoms in total. The van der Waals surface area contributed by atoms with Gasteiger partial charge in [-0.2, -0.15) is 4.31 Å². The Bertz CT molecular complexity index is 451. The van der Waals surface area contributed by atoms with Crippen molar-refractivity contribution in [1.82, 2.24) is 4.31 Å². The minimum Gasteiger partial charge on any atom is -0.208 e. The average molecular weight is 223 g/mol. The molecule has 4 heteroatoms. The average Bonchev–Trinajstić information content (AvgIpc) is 2.56. The summed E-state index contributed by atoms with van der Waals surface area (Å²) in [6.45, 7) is 1.06. The molecule has 0 unspecified atom stereocenters. The van der Waals surface area contributed by atoms with E-state index in [4.69, 9.17) is 0 Å². The van der Waals surface area contributed by atoms with Crippen LogP contribution in [-0.4, -0.2) is 25.8 Å². The van der Waals surface area contributed by atoms with E-state index in [9.17, 15) is 8.42 Å². The minimum atomic E-state index is -3.10. The smallest absolute Gasteiger partial charge is 0.208 e. The maximum atomic E-state index is 11.4. The summed E-state index contributed by atoms with van der Waals surface area (Å²) >= 11 is 0. The molecule has 0 aliphatic carbocycles. The Morgan fingerprint density at radius 2 is 1.93 bits per heavy atom. The molecule has 1 aromatic rings. The molecule has 0 bridgehead atoms. The van der Waals surface area contributed by atoms with E-state index in [1.165, 1.54) is 15.3 Å². The molecular weight excluding hydrogens is 210 g/mol. The monoisotopic (exact) mass is 223 g/mol. The van der Waals surface area contributed by atoms with Crippen LogP contribution in [0.2, 0.25) is 0 Å². The molecule has 15 heavy (non-hydrogen) atoms. The molecule has 80 valence electrons.